The normalized spacial score (nSPS) is 17.1. The zero-order valence-electron chi connectivity index (χ0n) is 19.2. The molecule has 1 amide bonds. The molecule has 7 nitrogen and oxygen atoms in total. The molecule has 3 aromatic heterocycles. The summed E-state index contributed by atoms with van der Waals surface area (Å²) in [6, 6.07) is 6.14. The van der Waals surface area contributed by atoms with Crippen LogP contribution < -0.4 is 0 Å². The molecule has 1 unspecified atom stereocenters. The Bertz CT molecular complexity index is 1150. The molecule has 0 radical (unpaired) electrons. The summed E-state index contributed by atoms with van der Waals surface area (Å²) in [6.45, 7) is 11.2. The maximum Gasteiger partial charge on any atom is 0.410 e. The number of imidazole rings is 1. The number of fused-ring (bicyclic) bond motifs is 1. The first-order chi connectivity index (χ1) is 15.1. The zero-order valence-corrected chi connectivity index (χ0v) is 20.8. The number of nitrogens with zero attached hydrogens (tertiary/aromatic N) is 4. The van der Waals surface area contributed by atoms with Crippen molar-refractivity contribution in [1.82, 2.24) is 19.3 Å². The predicted molar refractivity (Wildman–Crippen MR) is 127 cm³/mol. The number of aromatic nitrogens is 3. The van der Waals surface area contributed by atoms with Crippen LogP contribution in [0, 0.1) is 13.8 Å². The van der Waals surface area contributed by atoms with E-state index >= 15 is 0 Å². The van der Waals surface area contributed by atoms with Gasteiger partial charge in [-0.2, -0.15) is 0 Å². The number of carbonyl (C=O) groups is 1. The summed E-state index contributed by atoms with van der Waals surface area (Å²) in [5.74, 6) is 0. The second kappa shape index (κ2) is 8.83. The van der Waals surface area contributed by atoms with Crippen molar-refractivity contribution < 1.29 is 14.3 Å². The summed E-state index contributed by atoms with van der Waals surface area (Å²) in [5.41, 5.74) is 5.53. The third-order valence-electron chi connectivity index (χ3n) is 5.42. The van der Waals surface area contributed by atoms with Crippen molar-refractivity contribution in [1.29, 1.82) is 0 Å². The molecule has 4 rings (SSSR count). The standard InChI is InChI=1S/C24H29BrN4O3/c1-15-6-7-29-19(12-17-14-28(8-9-31-17)23(30)32-24(3,4)5)22(27-21(29)10-15)18-13-26-20(25)11-16(18)2/h6-7,10-11,13,17H,8-9,12,14H2,1-5H3. The molecular weight excluding hydrogens is 472 g/mol. The van der Waals surface area contributed by atoms with Crippen LogP contribution in [0.3, 0.4) is 0 Å². The molecule has 0 saturated carbocycles. The highest BCUT2D eigenvalue weighted by Gasteiger charge is 2.30. The Balaban J connectivity index is 1.67. The number of pyridine rings is 2. The molecule has 170 valence electrons. The molecule has 8 heteroatoms. The van der Waals surface area contributed by atoms with Crippen molar-refractivity contribution >= 4 is 27.7 Å². The lowest BCUT2D eigenvalue weighted by molar-refractivity contribution is -0.0418. The number of carbonyl (C=O) groups excluding carboxylic acids is 1. The van der Waals surface area contributed by atoms with Gasteiger partial charge in [-0.15, -0.1) is 0 Å². The molecule has 1 aliphatic heterocycles. The summed E-state index contributed by atoms with van der Waals surface area (Å²) >= 11 is 3.45. The van der Waals surface area contributed by atoms with Gasteiger partial charge in [-0.25, -0.2) is 14.8 Å². The number of aryl methyl sites for hydroxylation is 2. The molecule has 1 saturated heterocycles. The van der Waals surface area contributed by atoms with E-state index in [4.69, 9.17) is 14.5 Å². The Morgan fingerprint density at radius 3 is 2.81 bits per heavy atom. The Hall–Kier alpha value is -2.45. The third-order valence-corrected chi connectivity index (χ3v) is 5.86. The molecule has 0 aliphatic carbocycles. The number of amides is 1. The largest absolute Gasteiger partial charge is 0.444 e. The van der Waals surface area contributed by atoms with Crippen molar-refractivity contribution in [3.05, 3.63) is 52.0 Å². The van der Waals surface area contributed by atoms with Crippen molar-refractivity contribution in [3.63, 3.8) is 0 Å². The minimum absolute atomic E-state index is 0.153. The minimum Gasteiger partial charge on any atom is -0.444 e. The van der Waals surface area contributed by atoms with Gasteiger partial charge in [0.1, 0.15) is 15.9 Å². The van der Waals surface area contributed by atoms with Crippen LogP contribution in [0.2, 0.25) is 0 Å². The molecule has 0 N–H and O–H groups in total. The Morgan fingerprint density at radius 1 is 1.31 bits per heavy atom. The maximum absolute atomic E-state index is 12.6. The molecule has 1 atom stereocenters. The van der Waals surface area contributed by atoms with Crippen molar-refractivity contribution in [2.45, 2.75) is 52.7 Å². The first kappa shape index (κ1) is 22.7. The van der Waals surface area contributed by atoms with Crippen LogP contribution in [-0.2, 0) is 15.9 Å². The maximum atomic E-state index is 12.6. The third kappa shape index (κ3) is 4.96. The number of ether oxygens (including phenoxy) is 2. The van der Waals surface area contributed by atoms with Crippen molar-refractivity contribution in [2.75, 3.05) is 19.7 Å². The van der Waals surface area contributed by atoms with E-state index in [-0.39, 0.29) is 12.2 Å². The van der Waals surface area contributed by atoms with Crippen LogP contribution in [0.4, 0.5) is 4.79 Å². The van der Waals surface area contributed by atoms with Crippen LogP contribution in [0.5, 0.6) is 0 Å². The number of hydrogen-bond acceptors (Lipinski definition) is 5. The number of rotatable bonds is 3. The molecule has 3 aromatic rings. The van der Waals surface area contributed by atoms with Crippen LogP contribution in [-0.4, -0.2) is 56.8 Å². The van der Waals surface area contributed by atoms with Gasteiger partial charge in [0.05, 0.1) is 30.6 Å². The van der Waals surface area contributed by atoms with E-state index in [1.807, 2.05) is 39.2 Å². The van der Waals surface area contributed by atoms with Gasteiger partial charge in [0.2, 0.25) is 0 Å². The Morgan fingerprint density at radius 2 is 2.09 bits per heavy atom. The fourth-order valence-corrected chi connectivity index (χ4v) is 4.37. The van der Waals surface area contributed by atoms with Gasteiger partial charge in [0.25, 0.3) is 0 Å². The van der Waals surface area contributed by atoms with Crippen molar-refractivity contribution in [2.24, 2.45) is 0 Å². The lowest BCUT2D eigenvalue weighted by Crippen LogP contribution is -2.48. The second-order valence-corrected chi connectivity index (χ2v) is 10.1. The van der Waals surface area contributed by atoms with Crippen molar-refractivity contribution in [3.8, 4) is 11.3 Å². The lowest BCUT2D eigenvalue weighted by Gasteiger charge is -2.34. The van der Waals surface area contributed by atoms with Crippen LogP contribution in [0.25, 0.3) is 16.9 Å². The van der Waals surface area contributed by atoms with Crippen LogP contribution in [0.15, 0.2) is 35.2 Å². The van der Waals surface area contributed by atoms with E-state index in [2.05, 4.69) is 51.3 Å². The number of hydrogen-bond donors (Lipinski definition) is 0. The van der Waals surface area contributed by atoms with Gasteiger partial charge in [0.15, 0.2) is 0 Å². The summed E-state index contributed by atoms with van der Waals surface area (Å²) in [7, 11) is 0. The first-order valence-corrected chi connectivity index (χ1v) is 11.6. The van der Waals surface area contributed by atoms with Gasteiger partial charge >= 0.3 is 6.09 Å². The quantitative estimate of drug-likeness (QED) is 0.475. The smallest absolute Gasteiger partial charge is 0.410 e. The molecule has 0 aromatic carbocycles. The fraction of sp³-hybridized carbons (Fsp3) is 0.458. The summed E-state index contributed by atoms with van der Waals surface area (Å²) < 4.78 is 14.5. The summed E-state index contributed by atoms with van der Waals surface area (Å²) in [5, 5.41) is 0. The molecular formula is C24H29BrN4O3. The molecule has 32 heavy (non-hydrogen) atoms. The average Bonchev–Trinajstić information content (AvgIpc) is 3.04. The highest BCUT2D eigenvalue weighted by Crippen LogP contribution is 2.30. The van der Waals surface area contributed by atoms with E-state index in [1.54, 1.807) is 4.90 Å². The predicted octanol–water partition coefficient (Wildman–Crippen LogP) is 4.95. The topological polar surface area (TPSA) is 69.0 Å². The Labute approximate surface area is 196 Å². The molecule has 1 fully saturated rings. The highest BCUT2D eigenvalue weighted by atomic mass is 79.9. The summed E-state index contributed by atoms with van der Waals surface area (Å²) in [4.78, 5) is 23.7. The fourth-order valence-electron chi connectivity index (χ4n) is 3.93. The van der Waals surface area contributed by atoms with Gasteiger partial charge < -0.3 is 18.8 Å². The SMILES string of the molecule is Cc1ccn2c(CC3CN(C(=O)OC(C)(C)C)CCO3)c(-c3cnc(Br)cc3C)nc2c1. The van der Waals surface area contributed by atoms with Gasteiger partial charge in [-0.05, 0) is 79.9 Å². The van der Waals surface area contributed by atoms with E-state index in [0.717, 1.165) is 38.3 Å². The second-order valence-electron chi connectivity index (χ2n) is 9.28. The number of morpholine rings is 1. The monoisotopic (exact) mass is 500 g/mol. The minimum atomic E-state index is -0.524. The van der Waals surface area contributed by atoms with E-state index in [1.165, 1.54) is 0 Å². The van der Waals surface area contributed by atoms with E-state index < -0.39 is 5.60 Å². The van der Waals surface area contributed by atoms with E-state index in [0.29, 0.717) is 26.1 Å². The number of halogens is 1. The lowest BCUT2D eigenvalue weighted by atomic mass is 10.0. The molecule has 1 aliphatic rings. The van der Waals surface area contributed by atoms with Gasteiger partial charge in [-0.3, -0.25) is 0 Å². The average molecular weight is 501 g/mol. The van der Waals surface area contributed by atoms with Crippen LogP contribution >= 0.6 is 15.9 Å². The van der Waals surface area contributed by atoms with Gasteiger partial charge in [-0.1, -0.05) is 0 Å². The van der Waals surface area contributed by atoms with E-state index in [9.17, 15) is 4.79 Å². The molecule has 0 spiro atoms. The zero-order chi connectivity index (χ0) is 23.0. The summed E-state index contributed by atoms with van der Waals surface area (Å²) in [6.07, 6.45) is 4.07. The highest BCUT2D eigenvalue weighted by molar-refractivity contribution is 9.10. The van der Waals surface area contributed by atoms with Gasteiger partial charge in [0, 0.05) is 30.9 Å². The molecule has 4 heterocycles. The Kier molecular flexibility index (Phi) is 6.27. The van der Waals surface area contributed by atoms with Crippen LogP contribution in [0.1, 0.15) is 37.6 Å². The first-order valence-electron chi connectivity index (χ1n) is 10.8. The molecule has 0 bridgehead atoms.